The zero-order valence-corrected chi connectivity index (χ0v) is 15.8. The third-order valence-corrected chi connectivity index (χ3v) is 6.22. The summed E-state index contributed by atoms with van der Waals surface area (Å²) in [7, 11) is 1.23. The Morgan fingerprint density at radius 1 is 1.17 bits per heavy atom. The number of alkyl halides is 1. The Hall–Kier alpha value is -1.47. The van der Waals surface area contributed by atoms with Gasteiger partial charge in [-0.25, -0.2) is 9.18 Å². The third-order valence-electron chi connectivity index (χ3n) is 4.12. The molecule has 24 heavy (non-hydrogen) atoms. The van der Waals surface area contributed by atoms with Gasteiger partial charge in [-0.2, -0.15) is 0 Å². The smallest absolute Gasteiger partial charge is 0.339 e. The number of aliphatic hydroxyl groups is 1. The van der Waals surface area contributed by atoms with Gasteiger partial charge in [0.25, 0.3) is 0 Å². The molecule has 0 saturated heterocycles. The van der Waals surface area contributed by atoms with Gasteiger partial charge in [-0.05, 0) is 18.1 Å². The highest BCUT2D eigenvalue weighted by Gasteiger charge is 2.57. The number of ether oxygens (including phenoxy) is 1. The van der Waals surface area contributed by atoms with E-state index >= 15 is 0 Å². The van der Waals surface area contributed by atoms with E-state index in [1.807, 2.05) is 35.6 Å². The van der Waals surface area contributed by atoms with Crippen LogP contribution in [0.1, 0.15) is 30.9 Å². The van der Waals surface area contributed by atoms with E-state index in [1.54, 1.807) is 42.5 Å². The summed E-state index contributed by atoms with van der Waals surface area (Å²) in [5, 5.41) is 11.4. The second kappa shape index (κ2) is 7.61. The van der Waals surface area contributed by atoms with Crippen molar-refractivity contribution < 1.29 is 19.0 Å². The fourth-order valence-corrected chi connectivity index (χ4v) is 4.26. The average molecular weight is 442 g/mol. The SMILES string of the molecule is CCCC(O)(C(=O)OC)C(I)(c1ccccc1)c1ccccc1F. The second-order valence-electron chi connectivity index (χ2n) is 5.61. The molecule has 2 aromatic rings. The first kappa shape index (κ1) is 18.9. The molecule has 2 unspecified atom stereocenters. The van der Waals surface area contributed by atoms with Crippen LogP contribution < -0.4 is 0 Å². The lowest BCUT2D eigenvalue weighted by atomic mass is 9.74. The van der Waals surface area contributed by atoms with Gasteiger partial charge in [0.15, 0.2) is 5.60 Å². The fraction of sp³-hybridized carbons (Fsp3) is 0.316. The van der Waals surface area contributed by atoms with Crippen LogP contribution in [-0.4, -0.2) is 23.8 Å². The summed E-state index contributed by atoms with van der Waals surface area (Å²) in [6.07, 6.45) is 0.684. The quantitative estimate of drug-likeness (QED) is 0.414. The summed E-state index contributed by atoms with van der Waals surface area (Å²) in [5.74, 6) is -1.25. The number of halogens is 2. The Morgan fingerprint density at radius 3 is 2.29 bits per heavy atom. The highest BCUT2D eigenvalue weighted by Crippen LogP contribution is 2.51. The minimum Gasteiger partial charge on any atom is -0.467 e. The molecule has 0 spiro atoms. The largest absolute Gasteiger partial charge is 0.467 e. The van der Waals surface area contributed by atoms with E-state index in [-0.39, 0.29) is 12.0 Å². The molecule has 0 aliphatic carbocycles. The summed E-state index contributed by atoms with van der Waals surface area (Å²) in [4.78, 5) is 12.5. The molecule has 2 atom stereocenters. The van der Waals surface area contributed by atoms with E-state index < -0.39 is 20.8 Å². The van der Waals surface area contributed by atoms with Crippen LogP contribution in [0, 0.1) is 5.82 Å². The van der Waals surface area contributed by atoms with Crippen molar-refractivity contribution in [2.75, 3.05) is 7.11 Å². The lowest BCUT2D eigenvalue weighted by Crippen LogP contribution is -2.55. The molecule has 0 heterocycles. The zero-order valence-electron chi connectivity index (χ0n) is 13.6. The number of esters is 1. The number of hydrogen-bond donors (Lipinski definition) is 1. The predicted octanol–water partition coefficient (Wildman–Crippen LogP) is 4.21. The van der Waals surface area contributed by atoms with Crippen molar-refractivity contribution in [3.05, 3.63) is 71.5 Å². The molecule has 0 aliphatic heterocycles. The highest BCUT2D eigenvalue weighted by atomic mass is 127. The number of methoxy groups -OCH3 is 1. The molecule has 0 bridgehead atoms. The van der Waals surface area contributed by atoms with Crippen molar-refractivity contribution in [2.45, 2.75) is 28.8 Å². The number of hydrogen-bond acceptors (Lipinski definition) is 3. The van der Waals surface area contributed by atoms with E-state index in [9.17, 15) is 14.3 Å². The molecule has 128 valence electrons. The Morgan fingerprint density at radius 2 is 1.75 bits per heavy atom. The molecule has 5 heteroatoms. The normalized spacial score (nSPS) is 16.0. The monoisotopic (exact) mass is 442 g/mol. The van der Waals surface area contributed by atoms with Crippen LogP contribution >= 0.6 is 22.6 Å². The average Bonchev–Trinajstić information content (AvgIpc) is 2.61. The molecule has 2 aromatic carbocycles. The molecular formula is C19H20FIO3. The number of carbonyl (C=O) groups is 1. The third kappa shape index (κ3) is 3.07. The van der Waals surface area contributed by atoms with Crippen molar-refractivity contribution in [1.82, 2.24) is 0 Å². The van der Waals surface area contributed by atoms with Crippen molar-refractivity contribution >= 4 is 28.6 Å². The molecule has 0 radical (unpaired) electrons. The van der Waals surface area contributed by atoms with Crippen LogP contribution in [0.3, 0.4) is 0 Å². The van der Waals surface area contributed by atoms with Crippen LogP contribution in [0.4, 0.5) is 4.39 Å². The summed E-state index contributed by atoms with van der Waals surface area (Å²) in [6, 6.07) is 15.2. The van der Waals surface area contributed by atoms with Crippen molar-refractivity contribution in [1.29, 1.82) is 0 Å². The van der Waals surface area contributed by atoms with Gasteiger partial charge in [0.2, 0.25) is 0 Å². The van der Waals surface area contributed by atoms with Gasteiger partial charge in [0, 0.05) is 5.56 Å². The summed E-state index contributed by atoms with van der Waals surface area (Å²) < 4.78 is 18.2. The van der Waals surface area contributed by atoms with Gasteiger partial charge in [-0.3, -0.25) is 0 Å². The second-order valence-corrected chi connectivity index (χ2v) is 7.22. The van der Waals surface area contributed by atoms with Gasteiger partial charge in [0.1, 0.15) is 9.24 Å². The van der Waals surface area contributed by atoms with E-state index in [1.165, 1.54) is 13.2 Å². The highest BCUT2D eigenvalue weighted by molar-refractivity contribution is 14.1. The maximum atomic E-state index is 14.6. The minimum atomic E-state index is -1.90. The summed E-state index contributed by atoms with van der Waals surface area (Å²) in [6.45, 7) is 1.86. The minimum absolute atomic E-state index is 0.145. The molecule has 0 fully saturated rings. The first-order valence-corrected chi connectivity index (χ1v) is 8.80. The summed E-state index contributed by atoms with van der Waals surface area (Å²) in [5.41, 5.74) is -1.02. The van der Waals surface area contributed by atoms with Crippen LogP contribution in [0.2, 0.25) is 0 Å². The Balaban J connectivity index is 2.81. The van der Waals surface area contributed by atoms with Crippen molar-refractivity contribution in [3.8, 4) is 0 Å². The lowest BCUT2D eigenvalue weighted by molar-refractivity contribution is -0.165. The number of carbonyl (C=O) groups excluding carboxylic acids is 1. The Labute approximate surface area is 155 Å². The molecule has 2 rings (SSSR count). The van der Waals surface area contributed by atoms with E-state index in [0.717, 1.165) is 0 Å². The van der Waals surface area contributed by atoms with E-state index in [2.05, 4.69) is 0 Å². The van der Waals surface area contributed by atoms with Gasteiger partial charge in [0.05, 0.1) is 7.11 Å². The number of benzene rings is 2. The molecular weight excluding hydrogens is 422 g/mol. The molecule has 0 saturated carbocycles. The van der Waals surface area contributed by atoms with Crippen molar-refractivity contribution in [3.63, 3.8) is 0 Å². The van der Waals surface area contributed by atoms with E-state index in [0.29, 0.717) is 12.0 Å². The zero-order chi connectivity index (χ0) is 17.8. The van der Waals surface area contributed by atoms with Gasteiger partial charge in [-0.1, -0.05) is 84.5 Å². The Kier molecular flexibility index (Phi) is 5.98. The van der Waals surface area contributed by atoms with Crippen molar-refractivity contribution in [2.24, 2.45) is 0 Å². The van der Waals surface area contributed by atoms with Gasteiger partial charge >= 0.3 is 5.97 Å². The van der Waals surface area contributed by atoms with Crippen LogP contribution in [-0.2, 0) is 13.0 Å². The number of rotatable bonds is 6. The maximum absolute atomic E-state index is 14.6. The first-order valence-electron chi connectivity index (χ1n) is 7.72. The topological polar surface area (TPSA) is 46.5 Å². The molecule has 0 amide bonds. The van der Waals surface area contributed by atoms with Gasteiger partial charge in [-0.15, -0.1) is 0 Å². The van der Waals surface area contributed by atoms with Crippen LogP contribution in [0.5, 0.6) is 0 Å². The van der Waals surface area contributed by atoms with Crippen LogP contribution in [0.25, 0.3) is 0 Å². The van der Waals surface area contributed by atoms with E-state index in [4.69, 9.17) is 4.74 Å². The standard InChI is InChI=1S/C19H20FIO3/c1-3-13-18(23,17(22)24-2)19(21,14-9-5-4-6-10-14)15-11-7-8-12-16(15)20/h4-12,23H,3,13H2,1-2H3. The predicted molar refractivity (Wildman–Crippen MR) is 99.5 cm³/mol. The fourth-order valence-electron chi connectivity index (χ4n) is 2.97. The van der Waals surface area contributed by atoms with Gasteiger partial charge < -0.3 is 9.84 Å². The van der Waals surface area contributed by atoms with Crippen LogP contribution in [0.15, 0.2) is 54.6 Å². The molecule has 0 aliphatic rings. The summed E-state index contributed by atoms with van der Waals surface area (Å²) >= 11 is 1.98. The first-order chi connectivity index (χ1) is 11.4. The molecule has 0 aromatic heterocycles. The lowest BCUT2D eigenvalue weighted by Gasteiger charge is -2.42. The molecule has 1 N–H and O–H groups in total. The Bertz CT molecular complexity index is 707. The molecule has 3 nitrogen and oxygen atoms in total. The maximum Gasteiger partial charge on any atom is 0.339 e.